The van der Waals surface area contributed by atoms with Gasteiger partial charge in [-0.15, -0.1) is 0 Å². The lowest BCUT2D eigenvalue weighted by Crippen LogP contribution is -2.14. The number of methoxy groups -OCH3 is 1. The monoisotopic (exact) mass is 377 g/mol. The number of carbonyl (C=O) groups excluding carboxylic acids is 1. The number of aryl methyl sites for hydroxylation is 1. The van der Waals surface area contributed by atoms with Crippen LogP contribution in [0.25, 0.3) is 0 Å². The molecule has 2 rings (SSSR count). The van der Waals surface area contributed by atoms with E-state index in [1.807, 2.05) is 31.2 Å². The number of hydrogen-bond donors (Lipinski definition) is 2. The number of rotatable bonds is 7. The minimum atomic E-state index is -0.236. The zero-order chi connectivity index (χ0) is 16.7. The summed E-state index contributed by atoms with van der Waals surface area (Å²) in [5, 5.41) is 6.08. The zero-order valence-electron chi connectivity index (χ0n) is 13.2. The predicted molar refractivity (Wildman–Crippen MR) is 96.1 cm³/mol. The van der Waals surface area contributed by atoms with Gasteiger partial charge in [-0.3, -0.25) is 4.79 Å². The van der Waals surface area contributed by atoms with Crippen LogP contribution in [0, 0.1) is 6.92 Å². The van der Waals surface area contributed by atoms with Crippen molar-refractivity contribution in [2.45, 2.75) is 13.3 Å². The average Bonchev–Trinajstić information content (AvgIpc) is 2.55. The molecule has 23 heavy (non-hydrogen) atoms. The molecule has 0 aliphatic rings. The van der Waals surface area contributed by atoms with E-state index in [2.05, 4.69) is 31.5 Å². The van der Waals surface area contributed by atoms with Crippen molar-refractivity contribution in [3.63, 3.8) is 0 Å². The van der Waals surface area contributed by atoms with Crippen LogP contribution in [0.1, 0.15) is 22.5 Å². The van der Waals surface area contributed by atoms with E-state index in [-0.39, 0.29) is 5.91 Å². The van der Waals surface area contributed by atoms with E-state index in [0.717, 1.165) is 34.4 Å². The molecule has 1 aromatic carbocycles. The van der Waals surface area contributed by atoms with Crippen LogP contribution in [0.15, 0.2) is 41.0 Å². The maximum absolute atomic E-state index is 12.2. The van der Waals surface area contributed by atoms with Crippen molar-refractivity contribution in [3.05, 3.63) is 52.3 Å². The van der Waals surface area contributed by atoms with E-state index in [4.69, 9.17) is 4.74 Å². The molecule has 1 amide bonds. The minimum absolute atomic E-state index is 0.236. The van der Waals surface area contributed by atoms with Gasteiger partial charge in [0.25, 0.3) is 5.91 Å². The number of pyridine rings is 1. The number of anilines is 2. The van der Waals surface area contributed by atoms with Crippen molar-refractivity contribution in [1.29, 1.82) is 0 Å². The van der Waals surface area contributed by atoms with Crippen molar-refractivity contribution in [2.24, 2.45) is 0 Å². The number of benzene rings is 1. The Morgan fingerprint density at radius 2 is 2.13 bits per heavy atom. The van der Waals surface area contributed by atoms with Crippen molar-refractivity contribution in [1.82, 2.24) is 4.98 Å². The molecule has 6 heteroatoms. The Morgan fingerprint density at radius 1 is 1.30 bits per heavy atom. The SMILES string of the molecule is COCCCNc1ccc(C(=O)Nc2ccc(C)cc2Br)nc1. The third-order valence-electron chi connectivity index (χ3n) is 3.22. The standard InChI is InChI=1S/C17H20BrN3O2/c1-12-4-6-15(14(18)10-12)21-17(22)16-7-5-13(11-20-16)19-8-3-9-23-2/h4-7,10-11,19H,3,8-9H2,1-2H3,(H,21,22). The lowest BCUT2D eigenvalue weighted by atomic mass is 10.2. The van der Waals surface area contributed by atoms with Gasteiger partial charge in [-0.1, -0.05) is 6.07 Å². The van der Waals surface area contributed by atoms with Crippen LogP contribution in [0.3, 0.4) is 0 Å². The van der Waals surface area contributed by atoms with Crippen LogP contribution in [0.4, 0.5) is 11.4 Å². The molecule has 0 unspecified atom stereocenters. The molecule has 5 nitrogen and oxygen atoms in total. The number of halogens is 1. The summed E-state index contributed by atoms with van der Waals surface area (Å²) in [6, 6.07) is 9.31. The van der Waals surface area contributed by atoms with Crippen LogP contribution in [-0.4, -0.2) is 31.2 Å². The fraction of sp³-hybridized carbons (Fsp3) is 0.294. The second-order valence-electron chi connectivity index (χ2n) is 5.14. The molecule has 122 valence electrons. The summed E-state index contributed by atoms with van der Waals surface area (Å²) in [7, 11) is 1.68. The highest BCUT2D eigenvalue weighted by Gasteiger charge is 2.09. The summed E-state index contributed by atoms with van der Waals surface area (Å²) in [6.07, 6.45) is 2.58. The van der Waals surface area contributed by atoms with Gasteiger partial charge in [0, 0.05) is 24.7 Å². The molecule has 0 bridgehead atoms. The Hall–Kier alpha value is -1.92. The van der Waals surface area contributed by atoms with Crippen LogP contribution in [0.2, 0.25) is 0 Å². The normalized spacial score (nSPS) is 10.4. The zero-order valence-corrected chi connectivity index (χ0v) is 14.8. The summed E-state index contributed by atoms with van der Waals surface area (Å²) < 4.78 is 5.84. The number of ether oxygens (including phenoxy) is 1. The van der Waals surface area contributed by atoms with E-state index < -0.39 is 0 Å². The number of nitrogens with zero attached hydrogens (tertiary/aromatic N) is 1. The third-order valence-corrected chi connectivity index (χ3v) is 3.88. The van der Waals surface area contributed by atoms with E-state index >= 15 is 0 Å². The van der Waals surface area contributed by atoms with Crippen molar-refractivity contribution < 1.29 is 9.53 Å². The van der Waals surface area contributed by atoms with E-state index in [1.165, 1.54) is 0 Å². The number of carbonyl (C=O) groups is 1. The van der Waals surface area contributed by atoms with Gasteiger partial charge in [0.1, 0.15) is 5.69 Å². The first-order chi connectivity index (χ1) is 11.1. The van der Waals surface area contributed by atoms with Crippen LogP contribution in [0.5, 0.6) is 0 Å². The molecule has 1 aromatic heterocycles. The van der Waals surface area contributed by atoms with Gasteiger partial charge in [0.15, 0.2) is 0 Å². The lowest BCUT2D eigenvalue weighted by molar-refractivity contribution is 0.102. The van der Waals surface area contributed by atoms with Gasteiger partial charge < -0.3 is 15.4 Å². The fourth-order valence-corrected chi connectivity index (χ4v) is 2.58. The Kier molecular flexibility index (Phi) is 6.55. The molecule has 0 fully saturated rings. The fourth-order valence-electron chi connectivity index (χ4n) is 1.99. The lowest BCUT2D eigenvalue weighted by Gasteiger charge is -2.09. The maximum atomic E-state index is 12.2. The second kappa shape index (κ2) is 8.64. The highest BCUT2D eigenvalue weighted by molar-refractivity contribution is 9.10. The number of hydrogen-bond acceptors (Lipinski definition) is 4. The van der Waals surface area contributed by atoms with Crippen molar-refractivity contribution >= 4 is 33.2 Å². The highest BCUT2D eigenvalue weighted by atomic mass is 79.9. The van der Waals surface area contributed by atoms with Gasteiger partial charge >= 0.3 is 0 Å². The van der Waals surface area contributed by atoms with E-state index in [9.17, 15) is 4.79 Å². The van der Waals surface area contributed by atoms with Crippen molar-refractivity contribution in [3.8, 4) is 0 Å². The molecule has 2 N–H and O–H groups in total. The summed E-state index contributed by atoms with van der Waals surface area (Å²) in [5.74, 6) is -0.236. The summed E-state index contributed by atoms with van der Waals surface area (Å²) in [4.78, 5) is 16.4. The molecule has 0 aliphatic carbocycles. The second-order valence-corrected chi connectivity index (χ2v) is 6.00. The molecule has 1 heterocycles. The smallest absolute Gasteiger partial charge is 0.274 e. The Labute approximate surface area is 144 Å². The number of nitrogens with one attached hydrogen (secondary N) is 2. The molecule has 0 saturated heterocycles. The molecule has 0 radical (unpaired) electrons. The summed E-state index contributed by atoms with van der Waals surface area (Å²) in [6.45, 7) is 3.51. The number of amides is 1. The van der Waals surface area contributed by atoms with E-state index in [1.54, 1.807) is 19.4 Å². The minimum Gasteiger partial charge on any atom is -0.385 e. The predicted octanol–water partition coefficient (Wildman–Crippen LogP) is 3.85. The first-order valence-corrected chi connectivity index (χ1v) is 8.16. The first kappa shape index (κ1) is 17.4. The van der Waals surface area contributed by atoms with Crippen LogP contribution < -0.4 is 10.6 Å². The number of aromatic nitrogens is 1. The Bertz CT molecular complexity index is 659. The molecule has 0 aliphatic heterocycles. The van der Waals surface area contributed by atoms with E-state index in [0.29, 0.717) is 12.3 Å². The van der Waals surface area contributed by atoms with Gasteiger partial charge in [0.05, 0.1) is 17.6 Å². The molecule has 0 atom stereocenters. The van der Waals surface area contributed by atoms with Crippen molar-refractivity contribution in [2.75, 3.05) is 30.9 Å². The summed E-state index contributed by atoms with van der Waals surface area (Å²) >= 11 is 3.45. The average molecular weight is 378 g/mol. The molecular formula is C17H20BrN3O2. The molecule has 2 aromatic rings. The van der Waals surface area contributed by atoms with Gasteiger partial charge in [0.2, 0.25) is 0 Å². The Morgan fingerprint density at radius 3 is 2.78 bits per heavy atom. The molecule has 0 saturated carbocycles. The quantitative estimate of drug-likeness (QED) is 0.719. The summed E-state index contributed by atoms with van der Waals surface area (Å²) in [5.41, 5.74) is 3.11. The van der Waals surface area contributed by atoms with Crippen LogP contribution >= 0.6 is 15.9 Å². The maximum Gasteiger partial charge on any atom is 0.274 e. The van der Waals surface area contributed by atoms with Gasteiger partial charge in [-0.05, 0) is 59.1 Å². The molecular weight excluding hydrogens is 358 g/mol. The van der Waals surface area contributed by atoms with Crippen LogP contribution in [-0.2, 0) is 4.74 Å². The largest absolute Gasteiger partial charge is 0.385 e. The topological polar surface area (TPSA) is 63.2 Å². The Balaban J connectivity index is 1.94. The third kappa shape index (κ3) is 5.33. The van der Waals surface area contributed by atoms with Gasteiger partial charge in [-0.25, -0.2) is 4.98 Å². The highest BCUT2D eigenvalue weighted by Crippen LogP contribution is 2.23. The van der Waals surface area contributed by atoms with Gasteiger partial charge in [-0.2, -0.15) is 0 Å². The molecule has 0 spiro atoms. The first-order valence-electron chi connectivity index (χ1n) is 7.36.